The maximum Gasteiger partial charge on any atom is 0.0265 e. The quantitative estimate of drug-likeness (QED) is 0.241. The van der Waals surface area contributed by atoms with E-state index >= 15 is 0 Å². The summed E-state index contributed by atoms with van der Waals surface area (Å²) in [5, 5.41) is 3.29. The summed E-state index contributed by atoms with van der Waals surface area (Å²) in [7, 11) is 0. The van der Waals surface area contributed by atoms with E-state index in [2.05, 4.69) is 48.3 Å². The van der Waals surface area contributed by atoms with Crippen LogP contribution in [0.25, 0.3) is 10.4 Å². The number of hydrogen-bond acceptors (Lipinski definition) is 3. The van der Waals surface area contributed by atoms with Crippen LogP contribution < -0.4 is 0 Å². The molecule has 0 aliphatic rings. The van der Waals surface area contributed by atoms with Gasteiger partial charge in [-0.3, -0.25) is 0 Å². The van der Waals surface area contributed by atoms with Crippen molar-refractivity contribution in [1.82, 2.24) is 4.90 Å². The van der Waals surface area contributed by atoms with Gasteiger partial charge in [0.25, 0.3) is 0 Å². The van der Waals surface area contributed by atoms with Gasteiger partial charge < -0.3 is 4.90 Å². The van der Waals surface area contributed by atoms with Gasteiger partial charge in [0.1, 0.15) is 0 Å². The first-order chi connectivity index (χ1) is 6.76. The summed E-state index contributed by atoms with van der Waals surface area (Å²) in [6.45, 7) is 10.7. The van der Waals surface area contributed by atoms with Gasteiger partial charge in [-0.2, -0.15) is 12.6 Å². The van der Waals surface area contributed by atoms with E-state index in [1.165, 1.54) is 19.6 Å². The average molecular weight is 218 g/mol. The summed E-state index contributed by atoms with van der Waals surface area (Å²) >= 11 is 3.91. The molecule has 0 heterocycles. The number of rotatable bonds is 6. The van der Waals surface area contributed by atoms with Crippen molar-refractivity contribution in [1.29, 1.82) is 0 Å². The highest BCUT2D eigenvalue weighted by Gasteiger charge is 1.89. The summed E-state index contributed by atoms with van der Waals surface area (Å²) in [5.41, 5.74) is 7.73. The van der Waals surface area contributed by atoms with Crippen molar-refractivity contribution >= 4 is 12.6 Å². The van der Waals surface area contributed by atoms with Crippen LogP contribution in [0.1, 0.15) is 27.2 Å². The van der Waals surface area contributed by atoms with Gasteiger partial charge >= 0.3 is 0 Å². The molecule has 84 valence electrons. The third-order valence-corrected chi connectivity index (χ3v) is 2.14. The van der Waals surface area contributed by atoms with Crippen LogP contribution >= 0.6 is 12.6 Å². The fraction of sp³-hybridized carbons (Fsp3) is 1.00. The third kappa shape index (κ3) is 14.2. The minimum absolute atomic E-state index is 0.569. The first-order valence-electron chi connectivity index (χ1n) is 5.10. The summed E-state index contributed by atoms with van der Waals surface area (Å²) < 4.78 is 0. The zero-order chi connectivity index (χ0) is 11.2. The van der Waals surface area contributed by atoms with Crippen LogP contribution in [0, 0.1) is 0 Å². The number of thiol groups is 1. The van der Waals surface area contributed by atoms with Crippen molar-refractivity contribution in [3.63, 3.8) is 0 Å². The Labute approximate surface area is 92.7 Å². The Hall–Kier alpha value is -0.380. The predicted octanol–water partition coefficient (Wildman–Crippen LogP) is 2.96. The van der Waals surface area contributed by atoms with E-state index < -0.39 is 0 Å². The molecular formula is C9H22N4S. The Kier molecular flexibility index (Phi) is 17.3. The molecule has 0 radical (unpaired) electrons. The van der Waals surface area contributed by atoms with Gasteiger partial charge in [0, 0.05) is 11.5 Å². The molecule has 14 heavy (non-hydrogen) atoms. The molecular weight excluding hydrogens is 196 g/mol. The van der Waals surface area contributed by atoms with Crippen molar-refractivity contribution in [2.75, 3.05) is 31.9 Å². The largest absolute Gasteiger partial charge is 0.304 e. The maximum absolute atomic E-state index is 7.73. The maximum atomic E-state index is 7.73. The first kappa shape index (κ1) is 16.1. The van der Waals surface area contributed by atoms with Crippen molar-refractivity contribution in [3.05, 3.63) is 10.4 Å². The molecule has 0 aromatic heterocycles. The summed E-state index contributed by atoms with van der Waals surface area (Å²) in [6.07, 6.45) is 0.868. The summed E-state index contributed by atoms with van der Waals surface area (Å²) in [5.74, 6) is 0.791. The third-order valence-electron chi connectivity index (χ3n) is 1.82. The predicted molar refractivity (Wildman–Crippen MR) is 65.9 cm³/mol. The molecule has 0 aliphatic heterocycles. The Balaban J connectivity index is 0. The topological polar surface area (TPSA) is 52.0 Å². The molecule has 0 spiro atoms. The minimum atomic E-state index is 0.569. The van der Waals surface area contributed by atoms with Crippen molar-refractivity contribution in [2.45, 2.75) is 27.2 Å². The molecule has 0 aromatic carbocycles. The van der Waals surface area contributed by atoms with Gasteiger partial charge in [-0.1, -0.05) is 25.9 Å². The van der Waals surface area contributed by atoms with Gasteiger partial charge in [-0.25, -0.2) is 0 Å². The van der Waals surface area contributed by atoms with Crippen LogP contribution in [0.4, 0.5) is 0 Å². The van der Waals surface area contributed by atoms with Gasteiger partial charge in [0.2, 0.25) is 0 Å². The molecule has 0 bridgehead atoms. The van der Waals surface area contributed by atoms with E-state index in [1.54, 1.807) is 0 Å². The Morgan fingerprint density at radius 1 is 1.21 bits per heavy atom. The Morgan fingerprint density at radius 3 is 1.93 bits per heavy atom. The SMILES string of the molecule is CCN(CC)CC.[N-]=[N+]=NCCCS. The van der Waals surface area contributed by atoms with Gasteiger partial charge in [-0.15, -0.1) is 0 Å². The smallest absolute Gasteiger partial charge is 0.0265 e. The highest BCUT2D eigenvalue weighted by molar-refractivity contribution is 7.80. The van der Waals surface area contributed by atoms with Crippen LogP contribution in [0.5, 0.6) is 0 Å². The van der Waals surface area contributed by atoms with Crippen LogP contribution in [-0.4, -0.2) is 36.8 Å². The molecule has 5 heteroatoms. The Bertz CT molecular complexity index is 136. The van der Waals surface area contributed by atoms with E-state index in [0.717, 1.165) is 12.2 Å². The van der Waals surface area contributed by atoms with E-state index in [1.807, 2.05) is 0 Å². The molecule has 0 fully saturated rings. The lowest BCUT2D eigenvalue weighted by molar-refractivity contribution is 0.321. The standard InChI is InChI=1S/C6H15N.C3H7N3S/c1-4-7(5-2)6-3;4-6-5-2-1-3-7/h4-6H2,1-3H3;7H,1-3H2. The van der Waals surface area contributed by atoms with E-state index in [4.69, 9.17) is 5.53 Å². The van der Waals surface area contributed by atoms with Crippen molar-refractivity contribution in [2.24, 2.45) is 5.11 Å². The minimum Gasteiger partial charge on any atom is -0.304 e. The van der Waals surface area contributed by atoms with Crippen LogP contribution in [0.2, 0.25) is 0 Å². The molecule has 0 N–H and O–H groups in total. The first-order valence-corrected chi connectivity index (χ1v) is 5.73. The lowest BCUT2D eigenvalue weighted by Gasteiger charge is -2.13. The molecule has 0 saturated carbocycles. The molecule has 0 saturated heterocycles. The monoisotopic (exact) mass is 218 g/mol. The summed E-state index contributed by atoms with van der Waals surface area (Å²) in [6, 6.07) is 0. The van der Waals surface area contributed by atoms with Crippen molar-refractivity contribution < 1.29 is 0 Å². The van der Waals surface area contributed by atoms with Gasteiger partial charge in [-0.05, 0) is 37.3 Å². The number of azide groups is 1. The van der Waals surface area contributed by atoms with E-state index in [9.17, 15) is 0 Å². The number of hydrogen-bond donors (Lipinski definition) is 1. The average Bonchev–Trinajstić information content (AvgIpc) is 2.22. The van der Waals surface area contributed by atoms with Gasteiger partial charge in [0.15, 0.2) is 0 Å². The highest BCUT2D eigenvalue weighted by atomic mass is 32.1. The normalized spacial score (nSPS) is 8.93. The molecule has 0 unspecified atom stereocenters. The summed E-state index contributed by atoms with van der Waals surface area (Å²) in [4.78, 5) is 4.94. The molecule has 0 amide bonds. The van der Waals surface area contributed by atoms with E-state index in [0.29, 0.717) is 6.54 Å². The second kappa shape index (κ2) is 15.1. The molecule has 0 aliphatic carbocycles. The lowest BCUT2D eigenvalue weighted by atomic mass is 10.5. The molecule has 0 aromatic rings. The molecule has 4 nitrogen and oxygen atoms in total. The van der Waals surface area contributed by atoms with Crippen LogP contribution in [0.15, 0.2) is 5.11 Å². The Morgan fingerprint density at radius 2 is 1.71 bits per heavy atom. The zero-order valence-corrected chi connectivity index (χ0v) is 10.4. The second-order valence-electron chi connectivity index (χ2n) is 2.65. The fourth-order valence-corrected chi connectivity index (χ4v) is 0.998. The van der Waals surface area contributed by atoms with Crippen LogP contribution in [0.3, 0.4) is 0 Å². The van der Waals surface area contributed by atoms with Crippen LogP contribution in [-0.2, 0) is 0 Å². The lowest BCUT2D eigenvalue weighted by Crippen LogP contribution is -2.21. The van der Waals surface area contributed by atoms with Gasteiger partial charge in [0.05, 0.1) is 0 Å². The second-order valence-corrected chi connectivity index (χ2v) is 3.10. The fourth-order valence-electron chi connectivity index (χ4n) is 0.857. The zero-order valence-electron chi connectivity index (χ0n) is 9.48. The molecule has 0 rings (SSSR count). The van der Waals surface area contributed by atoms with Crippen molar-refractivity contribution in [3.8, 4) is 0 Å². The highest BCUT2D eigenvalue weighted by Crippen LogP contribution is 1.83. The number of nitrogens with zero attached hydrogens (tertiary/aromatic N) is 4. The molecule has 0 atom stereocenters. The van der Waals surface area contributed by atoms with E-state index in [-0.39, 0.29) is 0 Å².